The van der Waals surface area contributed by atoms with Gasteiger partial charge in [-0.1, -0.05) is 72.5 Å². The van der Waals surface area contributed by atoms with Crippen LogP contribution in [0, 0.1) is 11.8 Å². The maximum atomic E-state index is 11.2. The Labute approximate surface area is 143 Å². The fraction of sp³-hybridized carbons (Fsp3) is 0.333. The molecule has 1 saturated heterocycles. The lowest BCUT2D eigenvalue weighted by Crippen LogP contribution is -2.26. The Morgan fingerprint density at radius 3 is 2.17 bits per heavy atom. The van der Waals surface area contributed by atoms with Crippen molar-refractivity contribution in [2.45, 2.75) is 31.2 Å². The van der Waals surface area contributed by atoms with Crippen molar-refractivity contribution < 1.29 is 14.6 Å². The first-order valence-electron chi connectivity index (χ1n) is 8.36. The van der Waals surface area contributed by atoms with Gasteiger partial charge in [0.15, 0.2) is 11.9 Å². The predicted octanol–water partition coefficient (Wildman–Crippen LogP) is 3.47. The average molecular weight is 322 g/mol. The molecule has 1 heterocycles. The zero-order valence-electron chi connectivity index (χ0n) is 13.7. The fourth-order valence-corrected chi connectivity index (χ4v) is 2.81. The van der Waals surface area contributed by atoms with E-state index in [2.05, 4.69) is 11.8 Å². The van der Waals surface area contributed by atoms with E-state index >= 15 is 0 Å². The standard InChI is InChI=1S/C21H22O3/c22-21(18-10-3-1-4-11-18,19-12-5-2-6-13-19)15-9-17-24-20-14-7-8-16-23-20/h1-6,10-13,20,22H,7-8,14,16-17H2. The van der Waals surface area contributed by atoms with Crippen LogP contribution in [0.4, 0.5) is 0 Å². The second kappa shape index (κ2) is 8.12. The molecule has 2 aromatic rings. The van der Waals surface area contributed by atoms with Crippen LogP contribution in [0.15, 0.2) is 60.7 Å². The molecule has 1 aliphatic rings. The smallest absolute Gasteiger partial charge is 0.176 e. The summed E-state index contributed by atoms with van der Waals surface area (Å²) in [7, 11) is 0. The van der Waals surface area contributed by atoms with Gasteiger partial charge in [0.05, 0.1) is 0 Å². The zero-order valence-corrected chi connectivity index (χ0v) is 13.7. The third kappa shape index (κ3) is 4.04. The summed E-state index contributed by atoms with van der Waals surface area (Å²) in [4.78, 5) is 0. The molecule has 0 radical (unpaired) electrons. The monoisotopic (exact) mass is 322 g/mol. The average Bonchev–Trinajstić information content (AvgIpc) is 2.67. The van der Waals surface area contributed by atoms with Crippen LogP contribution in [0.5, 0.6) is 0 Å². The van der Waals surface area contributed by atoms with E-state index in [1.165, 1.54) is 0 Å². The second-order valence-corrected chi connectivity index (χ2v) is 5.85. The third-order valence-electron chi connectivity index (χ3n) is 4.13. The summed E-state index contributed by atoms with van der Waals surface area (Å²) in [6.45, 7) is 0.989. The molecule has 0 aromatic heterocycles. The maximum Gasteiger partial charge on any atom is 0.176 e. The van der Waals surface area contributed by atoms with Crippen molar-refractivity contribution in [1.29, 1.82) is 0 Å². The van der Waals surface area contributed by atoms with Gasteiger partial charge in [-0.25, -0.2) is 0 Å². The Morgan fingerprint density at radius 2 is 1.62 bits per heavy atom. The summed E-state index contributed by atoms with van der Waals surface area (Å²) in [5, 5.41) is 11.2. The van der Waals surface area contributed by atoms with Gasteiger partial charge in [0.2, 0.25) is 0 Å². The quantitative estimate of drug-likeness (QED) is 0.876. The highest BCUT2D eigenvalue weighted by molar-refractivity contribution is 5.44. The molecule has 0 saturated carbocycles. The number of benzene rings is 2. The molecule has 3 heteroatoms. The van der Waals surface area contributed by atoms with Crippen LogP contribution >= 0.6 is 0 Å². The molecule has 2 aromatic carbocycles. The number of rotatable bonds is 4. The fourth-order valence-electron chi connectivity index (χ4n) is 2.81. The Hall–Kier alpha value is -2.12. The summed E-state index contributed by atoms with van der Waals surface area (Å²) in [6.07, 6.45) is 2.95. The van der Waals surface area contributed by atoms with Crippen molar-refractivity contribution in [2.75, 3.05) is 13.2 Å². The first kappa shape index (κ1) is 16.7. The molecule has 0 bridgehead atoms. The summed E-state index contributed by atoms with van der Waals surface area (Å²) >= 11 is 0. The van der Waals surface area contributed by atoms with Gasteiger partial charge in [0.1, 0.15) is 6.61 Å². The van der Waals surface area contributed by atoms with Crippen LogP contribution in [0.3, 0.4) is 0 Å². The van der Waals surface area contributed by atoms with E-state index in [1.54, 1.807) is 0 Å². The van der Waals surface area contributed by atoms with Gasteiger partial charge in [-0.2, -0.15) is 0 Å². The molecule has 3 rings (SSSR count). The van der Waals surface area contributed by atoms with Crippen LogP contribution in [-0.4, -0.2) is 24.6 Å². The highest BCUT2D eigenvalue weighted by Crippen LogP contribution is 2.28. The minimum Gasteiger partial charge on any atom is -0.369 e. The van der Waals surface area contributed by atoms with Crippen LogP contribution < -0.4 is 0 Å². The molecule has 1 fully saturated rings. The van der Waals surface area contributed by atoms with Gasteiger partial charge in [-0.15, -0.1) is 0 Å². The van der Waals surface area contributed by atoms with Gasteiger partial charge in [0, 0.05) is 17.7 Å². The molecule has 24 heavy (non-hydrogen) atoms. The van der Waals surface area contributed by atoms with Crippen molar-refractivity contribution in [3.8, 4) is 11.8 Å². The summed E-state index contributed by atoms with van der Waals surface area (Å²) < 4.78 is 11.2. The summed E-state index contributed by atoms with van der Waals surface area (Å²) in [5.41, 5.74) is 0.148. The van der Waals surface area contributed by atoms with Crippen molar-refractivity contribution in [2.24, 2.45) is 0 Å². The first-order chi connectivity index (χ1) is 11.8. The maximum absolute atomic E-state index is 11.2. The topological polar surface area (TPSA) is 38.7 Å². The number of hydrogen-bond acceptors (Lipinski definition) is 3. The largest absolute Gasteiger partial charge is 0.369 e. The predicted molar refractivity (Wildman–Crippen MR) is 93.2 cm³/mol. The first-order valence-corrected chi connectivity index (χ1v) is 8.36. The van der Waals surface area contributed by atoms with Gasteiger partial charge < -0.3 is 14.6 Å². The van der Waals surface area contributed by atoms with E-state index in [1.807, 2.05) is 60.7 Å². The lowest BCUT2D eigenvalue weighted by Gasteiger charge is -2.24. The molecule has 0 aliphatic carbocycles. The summed E-state index contributed by atoms with van der Waals surface area (Å²) in [5.74, 6) is 5.96. The summed E-state index contributed by atoms with van der Waals surface area (Å²) in [6, 6.07) is 19.0. The number of aliphatic hydroxyl groups is 1. The van der Waals surface area contributed by atoms with Gasteiger partial charge in [-0.05, 0) is 19.3 Å². The van der Waals surface area contributed by atoms with Gasteiger partial charge in [-0.3, -0.25) is 0 Å². The van der Waals surface area contributed by atoms with Crippen LogP contribution in [0.2, 0.25) is 0 Å². The molecule has 3 nitrogen and oxygen atoms in total. The third-order valence-corrected chi connectivity index (χ3v) is 4.13. The second-order valence-electron chi connectivity index (χ2n) is 5.85. The molecule has 124 valence electrons. The lowest BCUT2D eigenvalue weighted by atomic mass is 9.87. The SMILES string of the molecule is OC(C#CCOC1CCCCO1)(c1ccccc1)c1ccccc1. The molecule has 1 aliphatic heterocycles. The van der Waals surface area contributed by atoms with Crippen LogP contribution in [-0.2, 0) is 15.1 Å². The highest BCUT2D eigenvalue weighted by atomic mass is 16.7. The van der Waals surface area contributed by atoms with Crippen molar-refractivity contribution in [3.05, 3.63) is 71.8 Å². The Morgan fingerprint density at radius 1 is 1.00 bits per heavy atom. The van der Waals surface area contributed by atoms with Crippen molar-refractivity contribution in [3.63, 3.8) is 0 Å². The van der Waals surface area contributed by atoms with E-state index in [9.17, 15) is 5.11 Å². The molecule has 0 spiro atoms. The van der Waals surface area contributed by atoms with Crippen LogP contribution in [0.1, 0.15) is 30.4 Å². The van der Waals surface area contributed by atoms with E-state index in [4.69, 9.17) is 9.47 Å². The highest BCUT2D eigenvalue weighted by Gasteiger charge is 2.29. The van der Waals surface area contributed by atoms with E-state index in [0.717, 1.165) is 37.0 Å². The van der Waals surface area contributed by atoms with Gasteiger partial charge >= 0.3 is 0 Å². The lowest BCUT2D eigenvalue weighted by molar-refractivity contribution is -0.154. The van der Waals surface area contributed by atoms with Crippen LogP contribution in [0.25, 0.3) is 0 Å². The van der Waals surface area contributed by atoms with E-state index in [-0.39, 0.29) is 12.9 Å². The molecular formula is C21H22O3. The normalized spacial score (nSPS) is 17.8. The van der Waals surface area contributed by atoms with E-state index in [0.29, 0.717) is 0 Å². The molecular weight excluding hydrogens is 300 g/mol. The number of ether oxygens (including phenoxy) is 2. The van der Waals surface area contributed by atoms with Crippen molar-refractivity contribution >= 4 is 0 Å². The minimum absolute atomic E-state index is 0.172. The van der Waals surface area contributed by atoms with E-state index < -0.39 is 5.60 Å². The molecule has 1 unspecified atom stereocenters. The Kier molecular flexibility index (Phi) is 5.66. The molecule has 1 N–H and O–H groups in total. The molecule has 1 atom stereocenters. The Bertz CT molecular complexity index is 640. The number of hydrogen-bond donors (Lipinski definition) is 1. The molecule has 0 amide bonds. The zero-order chi connectivity index (χ0) is 16.7. The van der Waals surface area contributed by atoms with Gasteiger partial charge in [0.25, 0.3) is 0 Å². The van der Waals surface area contributed by atoms with Crippen molar-refractivity contribution in [1.82, 2.24) is 0 Å². The minimum atomic E-state index is -1.35. The Balaban J connectivity index is 1.77.